The molecule has 2 saturated heterocycles. The van der Waals surface area contributed by atoms with Gasteiger partial charge in [-0.1, -0.05) is 0 Å². The van der Waals surface area contributed by atoms with Gasteiger partial charge in [0.05, 0.1) is 35.4 Å². The maximum Gasteiger partial charge on any atom is 0.418 e. The molecule has 0 atom stereocenters. The summed E-state index contributed by atoms with van der Waals surface area (Å²) in [6.45, 7) is 5.27. The second-order valence-corrected chi connectivity index (χ2v) is 10.0. The molecule has 3 aliphatic rings. The van der Waals surface area contributed by atoms with Gasteiger partial charge in [-0.15, -0.1) is 0 Å². The standard InChI is InChI=1S/C27H31F3N6O4/c1-31-20-14-21(34-25-22(20)18(15-32-25)27(28,29)30)33-19-3-2-17(23-24(19)40-13-12-39-23)26(37)36-6-4-16(5-7-36)35-8-10-38-11-9-35/h2-3,14-16H,4-13H2,1H3,(H3,31,32,33,34). The Kier molecular flexibility index (Phi) is 7.09. The summed E-state index contributed by atoms with van der Waals surface area (Å²) in [7, 11) is 1.55. The Balaban J connectivity index is 1.23. The molecule has 0 bridgehead atoms. The fourth-order valence-corrected chi connectivity index (χ4v) is 5.71. The lowest BCUT2D eigenvalue weighted by Crippen LogP contribution is -2.50. The molecule has 5 heterocycles. The van der Waals surface area contributed by atoms with Crippen LogP contribution in [0.1, 0.15) is 28.8 Å². The lowest BCUT2D eigenvalue weighted by Gasteiger charge is -2.40. The van der Waals surface area contributed by atoms with E-state index in [-0.39, 0.29) is 22.6 Å². The molecule has 1 amide bonds. The quantitative estimate of drug-likeness (QED) is 0.429. The summed E-state index contributed by atoms with van der Waals surface area (Å²) in [6, 6.07) is 5.36. The van der Waals surface area contributed by atoms with Gasteiger partial charge in [0, 0.05) is 57.2 Å². The fourth-order valence-electron chi connectivity index (χ4n) is 5.71. The van der Waals surface area contributed by atoms with Gasteiger partial charge in [0.2, 0.25) is 0 Å². The molecular formula is C27H31F3N6O4. The van der Waals surface area contributed by atoms with E-state index in [9.17, 15) is 18.0 Å². The number of morpholine rings is 1. The van der Waals surface area contributed by atoms with E-state index in [1.807, 2.05) is 4.90 Å². The van der Waals surface area contributed by atoms with Crippen LogP contribution in [0.4, 0.5) is 30.4 Å². The van der Waals surface area contributed by atoms with Gasteiger partial charge in [-0.05, 0) is 25.0 Å². The molecular weight excluding hydrogens is 529 g/mol. The van der Waals surface area contributed by atoms with E-state index in [1.165, 1.54) is 6.07 Å². The van der Waals surface area contributed by atoms with E-state index in [1.54, 1.807) is 19.2 Å². The zero-order valence-corrected chi connectivity index (χ0v) is 22.1. The van der Waals surface area contributed by atoms with Crippen molar-refractivity contribution in [3.8, 4) is 11.5 Å². The third kappa shape index (κ3) is 4.99. The number of piperidine rings is 1. The molecule has 0 unspecified atom stereocenters. The molecule has 3 N–H and O–H groups in total. The third-order valence-corrected chi connectivity index (χ3v) is 7.71. The number of carbonyl (C=O) groups is 1. The highest BCUT2D eigenvalue weighted by atomic mass is 19.4. The first-order valence-electron chi connectivity index (χ1n) is 13.4. The highest BCUT2D eigenvalue weighted by Crippen LogP contribution is 2.43. The normalized spacial score (nSPS) is 18.6. The van der Waals surface area contributed by atoms with Crippen molar-refractivity contribution in [1.29, 1.82) is 0 Å². The summed E-state index contributed by atoms with van der Waals surface area (Å²) < 4.78 is 57.8. The van der Waals surface area contributed by atoms with Gasteiger partial charge in [-0.25, -0.2) is 4.98 Å². The predicted molar refractivity (Wildman–Crippen MR) is 143 cm³/mol. The Labute approximate surface area is 228 Å². The lowest BCUT2D eigenvalue weighted by atomic mass is 10.0. The number of amides is 1. The lowest BCUT2D eigenvalue weighted by molar-refractivity contribution is -0.136. The molecule has 2 fully saturated rings. The van der Waals surface area contributed by atoms with Gasteiger partial charge in [0.1, 0.15) is 24.7 Å². The first-order chi connectivity index (χ1) is 19.3. The third-order valence-electron chi connectivity index (χ3n) is 7.71. The number of aromatic amines is 1. The molecule has 13 heteroatoms. The van der Waals surface area contributed by atoms with E-state index in [2.05, 4.69) is 25.5 Å². The number of likely N-dealkylation sites (tertiary alicyclic amines) is 1. The number of carbonyl (C=O) groups excluding carboxylic acids is 1. The number of hydrogen-bond acceptors (Lipinski definition) is 8. The molecule has 2 aromatic heterocycles. The van der Waals surface area contributed by atoms with E-state index in [0.29, 0.717) is 60.9 Å². The number of alkyl halides is 3. The monoisotopic (exact) mass is 560 g/mol. The van der Waals surface area contributed by atoms with E-state index in [0.717, 1.165) is 45.3 Å². The van der Waals surface area contributed by atoms with Crippen molar-refractivity contribution in [3.63, 3.8) is 0 Å². The number of benzene rings is 1. The number of ether oxygens (including phenoxy) is 3. The van der Waals surface area contributed by atoms with Crippen LogP contribution in [0, 0.1) is 0 Å². The SMILES string of the molecule is CNc1cc(Nc2ccc(C(=O)N3CCC(N4CCOCC4)CC3)c3c2OCCO3)nc2[nH]cc(C(F)(F)F)c12. The van der Waals surface area contributed by atoms with Crippen LogP contribution < -0.4 is 20.1 Å². The van der Waals surface area contributed by atoms with E-state index >= 15 is 0 Å². The van der Waals surface area contributed by atoms with Crippen LogP contribution in [-0.4, -0.2) is 91.4 Å². The summed E-state index contributed by atoms with van der Waals surface area (Å²) in [4.78, 5) is 24.8. The second kappa shape index (κ2) is 10.7. The smallest absolute Gasteiger partial charge is 0.418 e. The zero-order valence-electron chi connectivity index (χ0n) is 22.1. The number of pyridine rings is 1. The number of anilines is 3. The minimum Gasteiger partial charge on any atom is -0.485 e. The van der Waals surface area contributed by atoms with Crippen molar-refractivity contribution in [2.45, 2.75) is 25.1 Å². The number of hydrogen-bond donors (Lipinski definition) is 3. The maximum atomic E-state index is 13.6. The number of H-pyrrole nitrogens is 1. The molecule has 0 radical (unpaired) electrons. The topological polar surface area (TPSA) is 104 Å². The summed E-state index contributed by atoms with van der Waals surface area (Å²) in [6.07, 6.45) is -1.81. The van der Waals surface area contributed by atoms with Gasteiger partial charge in [0.25, 0.3) is 5.91 Å². The van der Waals surface area contributed by atoms with Crippen LogP contribution in [0.25, 0.3) is 11.0 Å². The molecule has 0 spiro atoms. The van der Waals surface area contributed by atoms with Crippen molar-refractivity contribution in [2.75, 3.05) is 70.3 Å². The number of aromatic nitrogens is 2. The summed E-state index contributed by atoms with van der Waals surface area (Å²) in [5, 5.41) is 5.92. The summed E-state index contributed by atoms with van der Waals surface area (Å²) >= 11 is 0. The number of rotatable bonds is 5. The average Bonchev–Trinajstić information content (AvgIpc) is 3.42. The first-order valence-corrected chi connectivity index (χ1v) is 13.4. The van der Waals surface area contributed by atoms with Gasteiger partial charge >= 0.3 is 6.18 Å². The molecule has 40 heavy (non-hydrogen) atoms. The highest BCUT2D eigenvalue weighted by Gasteiger charge is 2.35. The van der Waals surface area contributed by atoms with Crippen molar-refractivity contribution < 1.29 is 32.2 Å². The molecule has 3 aliphatic heterocycles. The molecule has 0 aliphatic carbocycles. The van der Waals surface area contributed by atoms with E-state index in [4.69, 9.17) is 14.2 Å². The van der Waals surface area contributed by atoms with Crippen LogP contribution >= 0.6 is 0 Å². The number of nitrogens with one attached hydrogen (secondary N) is 3. The van der Waals surface area contributed by atoms with Crippen molar-refractivity contribution >= 4 is 34.1 Å². The Morgan fingerprint density at radius 2 is 1.75 bits per heavy atom. The average molecular weight is 561 g/mol. The number of halogens is 3. The number of nitrogens with zero attached hydrogens (tertiary/aromatic N) is 3. The summed E-state index contributed by atoms with van der Waals surface area (Å²) in [5.41, 5.74) is 0.466. The first kappa shape index (κ1) is 26.5. The Morgan fingerprint density at radius 1 is 1.02 bits per heavy atom. The minimum atomic E-state index is -4.52. The maximum absolute atomic E-state index is 13.6. The fraction of sp³-hybridized carbons (Fsp3) is 0.481. The van der Waals surface area contributed by atoms with Crippen LogP contribution in [-0.2, 0) is 10.9 Å². The van der Waals surface area contributed by atoms with Crippen LogP contribution in [0.15, 0.2) is 24.4 Å². The molecule has 3 aromatic rings. The van der Waals surface area contributed by atoms with Crippen molar-refractivity contribution in [1.82, 2.24) is 19.8 Å². The molecule has 6 rings (SSSR count). The number of fused-ring (bicyclic) bond motifs is 2. The second-order valence-electron chi connectivity index (χ2n) is 10.0. The molecule has 0 saturated carbocycles. The largest absolute Gasteiger partial charge is 0.485 e. The van der Waals surface area contributed by atoms with Gasteiger partial charge < -0.3 is 34.7 Å². The van der Waals surface area contributed by atoms with Gasteiger partial charge in [-0.2, -0.15) is 13.2 Å². The molecule has 214 valence electrons. The Bertz CT molecular complexity index is 1400. The van der Waals surface area contributed by atoms with Crippen molar-refractivity contribution in [2.24, 2.45) is 0 Å². The zero-order chi connectivity index (χ0) is 27.9. The molecule has 10 nitrogen and oxygen atoms in total. The minimum absolute atomic E-state index is 0.0412. The van der Waals surface area contributed by atoms with Crippen LogP contribution in [0.3, 0.4) is 0 Å². The van der Waals surface area contributed by atoms with Gasteiger partial charge in [0.15, 0.2) is 11.5 Å². The van der Waals surface area contributed by atoms with E-state index < -0.39 is 11.7 Å². The Morgan fingerprint density at radius 3 is 2.45 bits per heavy atom. The summed E-state index contributed by atoms with van der Waals surface area (Å²) in [5.74, 6) is 0.909. The van der Waals surface area contributed by atoms with Crippen LogP contribution in [0.2, 0.25) is 0 Å². The van der Waals surface area contributed by atoms with Crippen LogP contribution in [0.5, 0.6) is 11.5 Å². The van der Waals surface area contributed by atoms with Crippen molar-refractivity contribution in [3.05, 3.63) is 35.5 Å². The Hall–Kier alpha value is -3.71. The highest BCUT2D eigenvalue weighted by molar-refractivity contribution is 5.99. The molecule has 1 aromatic carbocycles. The predicted octanol–water partition coefficient (Wildman–Crippen LogP) is 4.08. The van der Waals surface area contributed by atoms with Gasteiger partial charge in [-0.3, -0.25) is 9.69 Å².